The number of hydrogen-bond donors (Lipinski definition) is 2. The van der Waals surface area contributed by atoms with Crippen molar-refractivity contribution in [1.29, 1.82) is 0 Å². The van der Waals surface area contributed by atoms with E-state index in [9.17, 15) is 18.0 Å². The Morgan fingerprint density at radius 2 is 2.20 bits per heavy atom. The minimum atomic E-state index is -4.48. The van der Waals surface area contributed by atoms with Gasteiger partial charge in [0.2, 0.25) is 0 Å². The molecule has 1 fully saturated rings. The number of amides is 1. The third-order valence-electron chi connectivity index (χ3n) is 3.14. The van der Waals surface area contributed by atoms with Gasteiger partial charge in [0.1, 0.15) is 0 Å². The van der Waals surface area contributed by atoms with E-state index in [2.05, 4.69) is 5.32 Å². The average Bonchev–Trinajstić information content (AvgIpc) is 2.88. The van der Waals surface area contributed by atoms with Gasteiger partial charge in [-0.25, -0.2) is 0 Å². The molecule has 1 aromatic rings. The highest BCUT2D eigenvalue weighted by atomic mass is 32.2. The summed E-state index contributed by atoms with van der Waals surface area (Å²) in [4.78, 5) is 11.9. The predicted molar refractivity (Wildman–Crippen MR) is 73.7 cm³/mol. The minimum absolute atomic E-state index is 0.0505. The van der Waals surface area contributed by atoms with Crippen LogP contribution in [0.1, 0.15) is 28.8 Å². The summed E-state index contributed by atoms with van der Waals surface area (Å²) in [6.45, 7) is 0.458. The van der Waals surface area contributed by atoms with Crippen molar-refractivity contribution in [2.24, 2.45) is 0 Å². The fraction of sp³-hybridized carbons (Fsp3) is 0.462. The van der Waals surface area contributed by atoms with Gasteiger partial charge in [0, 0.05) is 17.5 Å². The van der Waals surface area contributed by atoms with Crippen molar-refractivity contribution in [2.45, 2.75) is 24.3 Å². The fourth-order valence-corrected chi connectivity index (χ4v) is 3.24. The van der Waals surface area contributed by atoms with E-state index in [-0.39, 0.29) is 11.3 Å². The van der Waals surface area contributed by atoms with Crippen LogP contribution in [0, 0.1) is 0 Å². The Balaban J connectivity index is 2.08. The molecular weight excluding hydrogens is 289 g/mol. The lowest BCUT2D eigenvalue weighted by Gasteiger charge is -2.13. The van der Waals surface area contributed by atoms with E-state index in [0.717, 1.165) is 36.8 Å². The molecule has 1 atom stereocenters. The van der Waals surface area contributed by atoms with Crippen LogP contribution < -0.4 is 11.1 Å². The predicted octanol–water partition coefficient (Wildman–Crippen LogP) is 2.91. The molecule has 0 spiro atoms. The van der Waals surface area contributed by atoms with Gasteiger partial charge in [-0.2, -0.15) is 24.9 Å². The molecular formula is C13H15F3N2OS. The number of benzene rings is 1. The third kappa shape index (κ3) is 3.59. The highest BCUT2D eigenvalue weighted by Crippen LogP contribution is 2.31. The van der Waals surface area contributed by atoms with Gasteiger partial charge in [-0.05, 0) is 36.8 Å². The molecule has 3 N–H and O–H groups in total. The molecule has 0 bridgehead atoms. The Hall–Kier alpha value is -1.37. The van der Waals surface area contributed by atoms with Crippen molar-refractivity contribution in [3.8, 4) is 0 Å². The van der Waals surface area contributed by atoms with Crippen LogP contribution in [0.2, 0.25) is 0 Å². The minimum Gasteiger partial charge on any atom is -0.398 e. The van der Waals surface area contributed by atoms with Crippen molar-refractivity contribution in [2.75, 3.05) is 18.0 Å². The molecule has 1 unspecified atom stereocenters. The van der Waals surface area contributed by atoms with Gasteiger partial charge >= 0.3 is 6.18 Å². The Bertz CT molecular complexity index is 499. The van der Waals surface area contributed by atoms with Crippen LogP contribution in [-0.4, -0.2) is 23.5 Å². The van der Waals surface area contributed by atoms with Crippen LogP contribution in [0.4, 0.5) is 18.9 Å². The topological polar surface area (TPSA) is 55.1 Å². The zero-order valence-electron chi connectivity index (χ0n) is 10.7. The molecule has 1 aliphatic rings. The van der Waals surface area contributed by atoms with E-state index in [4.69, 9.17) is 5.73 Å². The number of halogens is 3. The van der Waals surface area contributed by atoms with Gasteiger partial charge in [-0.15, -0.1) is 0 Å². The van der Waals surface area contributed by atoms with Gasteiger partial charge < -0.3 is 11.1 Å². The number of anilines is 1. The lowest BCUT2D eigenvalue weighted by molar-refractivity contribution is -0.137. The SMILES string of the molecule is Nc1ccc(C(F)(F)F)cc1C(=O)NCC1CCCS1. The second-order valence-corrected chi connectivity index (χ2v) is 6.05. The molecule has 1 aromatic carbocycles. The summed E-state index contributed by atoms with van der Waals surface area (Å²) in [7, 11) is 0. The van der Waals surface area contributed by atoms with Crippen molar-refractivity contribution in [1.82, 2.24) is 5.32 Å². The summed E-state index contributed by atoms with van der Waals surface area (Å²) in [6.07, 6.45) is -2.36. The van der Waals surface area contributed by atoms with Gasteiger partial charge in [0.15, 0.2) is 0 Å². The van der Waals surface area contributed by atoms with Crippen LogP contribution in [0.3, 0.4) is 0 Å². The molecule has 110 valence electrons. The summed E-state index contributed by atoms with van der Waals surface area (Å²) in [5.74, 6) is 0.507. The maximum absolute atomic E-state index is 12.6. The quantitative estimate of drug-likeness (QED) is 0.844. The molecule has 1 amide bonds. The number of carbonyl (C=O) groups excluding carboxylic acids is 1. The second kappa shape index (κ2) is 5.95. The molecule has 1 heterocycles. The van der Waals surface area contributed by atoms with Gasteiger partial charge in [0.25, 0.3) is 5.91 Å². The van der Waals surface area contributed by atoms with E-state index >= 15 is 0 Å². The zero-order valence-corrected chi connectivity index (χ0v) is 11.5. The highest BCUT2D eigenvalue weighted by molar-refractivity contribution is 8.00. The van der Waals surface area contributed by atoms with Gasteiger partial charge in [-0.3, -0.25) is 4.79 Å². The normalized spacial score (nSPS) is 19.1. The lowest BCUT2D eigenvalue weighted by Crippen LogP contribution is -2.30. The number of nitrogen functional groups attached to an aromatic ring is 1. The highest BCUT2D eigenvalue weighted by Gasteiger charge is 2.31. The first kappa shape index (κ1) is 15.0. The molecule has 0 aromatic heterocycles. The van der Waals surface area contributed by atoms with Crippen molar-refractivity contribution in [3.63, 3.8) is 0 Å². The van der Waals surface area contributed by atoms with Crippen LogP contribution in [0.15, 0.2) is 18.2 Å². The standard InChI is InChI=1S/C13H15F3N2OS/c14-13(15,16)8-3-4-11(17)10(6-8)12(19)18-7-9-2-1-5-20-9/h3-4,6,9H,1-2,5,7,17H2,(H,18,19). The van der Waals surface area contributed by atoms with Gasteiger partial charge in [-0.1, -0.05) is 0 Å². The summed E-state index contributed by atoms with van der Waals surface area (Å²) in [6, 6.07) is 2.79. The number of rotatable bonds is 3. The summed E-state index contributed by atoms with van der Waals surface area (Å²) >= 11 is 1.77. The Morgan fingerprint density at radius 1 is 1.45 bits per heavy atom. The number of nitrogens with one attached hydrogen (secondary N) is 1. The van der Waals surface area contributed by atoms with Crippen LogP contribution in [0.5, 0.6) is 0 Å². The number of nitrogens with two attached hydrogens (primary N) is 1. The van der Waals surface area contributed by atoms with E-state index in [1.54, 1.807) is 11.8 Å². The first-order valence-electron chi connectivity index (χ1n) is 6.24. The van der Waals surface area contributed by atoms with Crippen LogP contribution >= 0.6 is 11.8 Å². The lowest BCUT2D eigenvalue weighted by atomic mass is 10.1. The first-order valence-corrected chi connectivity index (χ1v) is 7.29. The summed E-state index contributed by atoms with van der Waals surface area (Å²) < 4.78 is 37.9. The molecule has 2 rings (SSSR count). The van der Waals surface area contributed by atoms with Crippen LogP contribution in [0.25, 0.3) is 0 Å². The number of thioether (sulfide) groups is 1. The van der Waals surface area contributed by atoms with Crippen molar-refractivity contribution >= 4 is 23.4 Å². The molecule has 0 aliphatic carbocycles. The van der Waals surface area contributed by atoms with E-state index in [1.165, 1.54) is 0 Å². The second-order valence-electron chi connectivity index (χ2n) is 4.64. The summed E-state index contributed by atoms with van der Waals surface area (Å²) in [5, 5.41) is 2.99. The number of carbonyl (C=O) groups is 1. The Kier molecular flexibility index (Phi) is 4.47. The smallest absolute Gasteiger partial charge is 0.398 e. The Labute approximate surface area is 119 Å². The van der Waals surface area contributed by atoms with Crippen molar-refractivity contribution < 1.29 is 18.0 Å². The molecule has 0 radical (unpaired) electrons. The third-order valence-corrected chi connectivity index (χ3v) is 4.54. The zero-order chi connectivity index (χ0) is 14.8. The first-order chi connectivity index (χ1) is 9.38. The van der Waals surface area contributed by atoms with Crippen molar-refractivity contribution in [3.05, 3.63) is 29.3 Å². The fourth-order valence-electron chi connectivity index (χ4n) is 2.04. The monoisotopic (exact) mass is 304 g/mol. The van der Waals surface area contributed by atoms with E-state index < -0.39 is 17.6 Å². The molecule has 20 heavy (non-hydrogen) atoms. The molecule has 1 saturated heterocycles. The van der Waals surface area contributed by atoms with Gasteiger partial charge in [0.05, 0.1) is 11.1 Å². The number of hydrogen-bond acceptors (Lipinski definition) is 3. The summed E-state index contributed by atoms with van der Waals surface area (Å²) in [5.41, 5.74) is 4.64. The van der Waals surface area contributed by atoms with Crippen LogP contribution in [-0.2, 0) is 6.18 Å². The van der Waals surface area contributed by atoms with E-state index in [1.807, 2.05) is 0 Å². The molecule has 7 heteroatoms. The Morgan fingerprint density at radius 3 is 2.80 bits per heavy atom. The maximum atomic E-state index is 12.6. The molecule has 3 nitrogen and oxygen atoms in total. The molecule has 1 aliphatic heterocycles. The average molecular weight is 304 g/mol. The maximum Gasteiger partial charge on any atom is 0.416 e. The van der Waals surface area contributed by atoms with E-state index in [0.29, 0.717) is 11.8 Å². The largest absolute Gasteiger partial charge is 0.416 e. The molecule has 0 saturated carbocycles. The number of alkyl halides is 3.